The Morgan fingerprint density at radius 3 is 2.38 bits per heavy atom. The number of amides is 1. The minimum atomic E-state index is -0.443. The molecule has 0 aromatic heterocycles. The van der Waals surface area contributed by atoms with Crippen LogP contribution in [0.2, 0.25) is 0 Å². The first kappa shape index (κ1) is 15.5. The minimum Gasteiger partial charge on any atom is -0.444 e. The summed E-state index contributed by atoms with van der Waals surface area (Å²) in [6.45, 7) is 8.64. The first-order valence-corrected chi connectivity index (χ1v) is 7.35. The molecule has 5 nitrogen and oxygen atoms in total. The van der Waals surface area contributed by atoms with Crippen molar-refractivity contribution in [2.24, 2.45) is 0 Å². The highest BCUT2D eigenvalue weighted by Gasteiger charge is 2.26. The van der Waals surface area contributed by atoms with E-state index in [9.17, 15) is 4.79 Å². The first-order chi connectivity index (χ1) is 9.76. The predicted molar refractivity (Wildman–Crippen MR) is 89.1 cm³/mol. The van der Waals surface area contributed by atoms with Crippen LogP contribution in [-0.4, -0.2) is 50.6 Å². The quantitative estimate of drug-likeness (QED) is 0.607. The molecule has 0 saturated carbocycles. The normalized spacial score (nSPS) is 16.0. The number of rotatable bonds is 1. The Bertz CT molecular complexity index is 520. The van der Waals surface area contributed by atoms with Crippen molar-refractivity contribution >= 4 is 30.8 Å². The Hall–Kier alpha value is -1.85. The average Bonchev–Trinajstić information content (AvgIpc) is 2.37. The lowest BCUT2D eigenvalue weighted by molar-refractivity contribution is 0.0240. The fraction of sp³-hybridized carbons (Fsp3) is 0.533. The lowest BCUT2D eigenvalue weighted by Gasteiger charge is -2.37. The van der Waals surface area contributed by atoms with Gasteiger partial charge in [0.2, 0.25) is 0 Å². The third kappa shape index (κ3) is 4.06. The highest BCUT2D eigenvalue weighted by atomic mass is 16.6. The minimum absolute atomic E-state index is 0.226. The van der Waals surface area contributed by atoms with Crippen LogP contribution in [0.5, 0.6) is 0 Å². The molecule has 0 spiro atoms. The third-order valence-corrected chi connectivity index (χ3v) is 3.49. The van der Waals surface area contributed by atoms with Gasteiger partial charge < -0.3 is 20.3 Å². The standard InChI is InChI=1S/C15H24BN3O2/c1-15(2,3)21-14(20)19-8-6-18(7-9-19)13-5-4-11(17)10-12(13)16/h4-5,10H,6-9,16-17H2,1-3H3. The van der Waals surface area contributed by atoms with Crippen molar-refractivity contribution in [1.29, 1.82) is 0 Å². The summed E-state index contributed by atoms with van der Waals surface area (Å²) < 4.78 is 5.41. The Balaban J connectivity index is 1.95. The number of hydrogen-bond donors (Lipinski definition) is 1. The van der Waals surface area contributed by atoms with Crippen molar-refractivity contribution in [1.82, 2.24) is 4.90 Å². The Kier molecular flexibility index (Phi) is 4.35. The van der Waals surface area contributed by atoms with Gasteiger partial charge in [0.15, 0.2) is 0 Å². The van der Waals surface area contributed by atoms with E-state index in [1.807, 2.05) is 39.0 Å². The van der Waals surface area contributed by atoms with Crippen LogP contribution >= 0.6 is 0 Å². The van der Waals surface area contributed by atoms with Gasteiger partial charge in [-0.1, -0.05) is 5.46 Å². The first-order valence-electron chi connectivity index (χ1n) is 7.35. The molecule has 1 aliphatic heterocycles. The third-order valence-electron chi connectivity index (χ3n) is 3.49. The van der Waals surface area contributed by atoms with E-state index in [-0.39, 0.29) is 6.09 Å². The van der Waals surface area contributed by atoms with Crippen molar-refractivity contribution in [2.45, 2.75) is 26.4 Å². The SMILES string of the molecule is Bc1cc(N)ccc1N1CCN(C(=O)OC(C)(C)C)CC1. The van der Waals surface area contributed by atoms with Crippen LogP contribution in [0, 0.1) is 0 Å². The van der Waals surface area contributed by atoms with Crippen LogP contribution in [0.3, 0.4) is 0 Å². The molecule has 1 aromatic carbocycles. The maximum Gasteiger partial charge on any atom is 0.410 e. The van der Waals surface area contributed by atoms with Gasteiger partial charge in [0.1, 0.15) is 13.4 Å². The van der Waals surface area contributed by atoms with Crippen LogP contribution in [0.25, 0.3) is 0 Å². The maximum absolute atomic E-state index is 12.0. The molecule has 0 aliphatic carbocycles. The fourth-order valence-electron chi connectivity index (χ4n) is 2.49. The van der Waals surface area contributed by atoms with Crippen molar-refractivity contribution in [3.8, 4) is 0 Å². The monoisotopic (exact) mass is 289 g/mol. The summed E-state index contributed by atoms with van der Waals surface area (Å²) >= 11 is 0. The maximum atomic E-state index is 12.0. The second-order valence-electron chi connectivity index (χ2n) is 6.50. The zero-order chi connectivity index (χ0) is 15.6. The molecule has 1 amide bonds. The van der Waals surface area contributed by atoms with Gasteiger partial charge in [-0.05, 0) is 39.0 Å². The fourth-order valence-corrected chi connectivity index (χ4v) is 2.49. The molecule has 6 heteroatoms. The molecule has 0 radical (unpaired) electrons. The summed E-state index contributed by atoms with van der Waals surface area (Å²) in [7, 11) is 2.06. The van der Waals surface area contributed by atoms with Gasteiger partial charge in [0, 0.05) is 37.6 Å². The molecule has 0 bridgehead atoms. The highest BCUT2D eigenvalue weighted by Crippen LogP contribution is 2.17. The predicted octanol–water partition coefficient (Wildman–Crippen LogP) is 0.584. The summed E-state index contributed by atoms with van der Waals surface area (Å²) in [5.41, 5.74) is 8.48. The lowest BCUT2D eigenvalue weighted by Crippen LogP contribution is -2.50. The summed E-state index contributed by atoms with van der Waals surface area (Å²) in [5, 5.41) is 0. The van der Waals surface area contributed by atoms with Gasteiger partial charge in [0.25, 0.3) is 0 Å². The molecule has 21 heavy (non-hydrogen) atoms. The molecule has 2 rings (SSSR count). The van der Waals surface area contributed by atoms with Gasteiger partial charge in [-0.2, -0.15) is 0 Å². The molecule has 1 saturated heterocycles. The summed E-state index contributed by atoms with van der Waals surface area (Å²) in [5.74, 6) is 0. The second-order valence-corrected chi connectivity index (χ2v) is 6.50. The number of nitrogens with zero attached hydrogens (tertiary/aromatic N) is 2. The van der Waals surface area contributed by atoms with E-state index in [4.69, 9.17) is 10.5 Å². The number of nitrogen functional groups attached to an aromatic ring is 1. The van der Waals surface area contributed by atoms with Crippen LogP contribution in [0.1, 0.15) is 20.8 Å². The molecule has 1 aliphatic rings. The van der Waals surface area contributed by atoms with E-state index in [0.717, 1.165) is 18.8 Å². The van der Waals surface area contributed by atoms with Crippen molar-refractivity contribution in [3.05, 3.63) is 18.2 Å². The molecular weight excluding hydrogens is 265 g/mol. The van der Waals surface area contributed by atoms with E-state index in [2.05, 4.69) is 12.7 Å². The average molecular weight is 289 g/mol. The summed E-state index contributed by atoms with van der Waals surface area (Å²) in [6.07, 6.45) is -0.226. The smallest absolute Gasteiger partial charge is 0.410 e. The van der Waals surface area contributed by atoms with Crippen LogP contribution in [0.15, 0.2) is 18.2 Å². The Morgan fingerprint density at radius 2 is 1.86 bits per heavy atom. The van der Waals surface area contributed by atoms with E-state index in [0.29, 0.717) is 13.1 Å². The number of carbonyl (C=O) groups excluding carboxylic acids is 1. The number of nitrogens with two attached hydrogens (primary N) is 1. The van der Waals surface area contributed by atoms with E-state index in [1.54, 1.807) is 4.90 Å². The van der Waals surface area contributed by atoms with E-state index < -0.39 is 5.60 Å². The Labute approximate surface area is 127 Å². The molecule has 0 unspecified atom stereocenters. The second kappa shape index (κ2) is 5.88. The van der Waals surface area contributed by atoms with Crippen LogP contribution < -0.4 is 16.1 Å². The highest BCUT2D eigenvalue weighted by molar-refractivity contribution is 6.36. The van der Waals surface area contributed by atoms with Crippen LogP contribution in [0.4, 0.5) is 16.2 Å². The zero-order valence-electron chi connectivity index (χ0n) is 13.3. The summed E-state index contributed by atoms with van der Waals surface area (Å²) in [4.78, 5) is 16.1. The number of benzene rings is 1. The van der Waals surface area contributed by atoms with Gasteiger partial charge in [-0.3, -0.25) is 0 Å². The van der Waals surface area contributed by atoms with Gasteiger partial charge in [0.05, 0.1) is 0 Å². The van der Waals surface area contributed by atoms with Crippen molar-refractivity contribution < 1.29 is 9.53 Å². The van der Waals surface area contributed by atoms with E-state index >= 15 is 0 Å². The van der Waals surface area contributed by atoms with Crippen molar-refractivity contribution in [2.75, 3.05) is 36.8 Å². The lowest BCUT2D eigenvalue weighted by atomic mass is 9.92. The molecule has 114 valence electrons. The topological polar surface area (TPSA) is 58.8 Å². The van der Waals surface area contributed by atoms with Gasteiger partial charge in [-0.15, -0.1) is 0 Å². The number of hydrogen-bond acceptors (Lipinski definition) is 4. The van der Waals surface area contributed by atoms with Crippen molar-refractivity contribution in [3.63, 3.8) is 0 Å². The molecule has 1 fully saturated rings. The summed E-state index contributed by atoms with van der Waals surface area (Å²) in [6, 6.07) is 5.95. The Morgan fingerprint density at radius 1 is 1.24 bits per heavy atom. The zero-order valence-corrected chi connectivity index (χ0v) is 13.3. The van der Waals surface area contributed by atoms with E-state index in [1.165, 1.54) is 11.2 Å². The molecule has 0 atom stereocenters. The number of carbonyl (C=O) groups is 1. The van der Waals surface area contributed by atoms with Gasteiger partial charge >= 0.3 is 6.09 Å². The van der Waals surface area contributed by atoms with Gasteiger partial charge in [-0.25, -0.2) is 4.79 Å². The van der Waals surface area contributed by atoms with Crippen LogP contribution in [-0.2, 0) is 4.74 Å². The molecule has 1 aromatic rings. The molecular formula is C15H24BN3O2. The largest absolute Gasteiger partial charge is 0.444 e. The number of ether oxygens (including phenoxy) is 1. The molecule has 1 heterocycles. The number of anilines is 2. The number of piperazine rings is 1. The molecule has 2 N–H and O–H groups in total.